The lowest BCUT2D eigenvalue weighted by Gasteiger charge is -2.00. The van der Waals surface area contributed by atoms with Crippen molar-refractivity contribution in [3.05, 3.63) is 34.3 Å². The molecule has 0 aliphatic heterocycles. The van der Waals surface area contributed by atoms with Gasteiger partial charge in [0.15, 0.2) is 5.58 Å². The first-order valence-corrected chi connectivity index (χ1v) is 4.80. The number of benzene rings is 1. The van der Waals surface area contributed by atoms with Gasteiger partial charge in [0.2, 0.25) is 5.91 Å². The topological polar surface area (TPSA) is 101 Å². The SMILES string of the molecule is NNC(=O)CCc1ccc2oc(=O)[nH]c2c1. The molecule has 0 saturated carbocycles. The highest BCUT2D eigenvalue weighted by Gasteiger charge is 2.04. The number of nitrogens with two attached hydrogens (primary N) is 1. The van der Waals surface area contributed by atoms with E-state index in [1.165, 1.54) is 0 Å². The molecule has 0 unspecified atom stereocenters. The molecule has 2 rings (SSSR count). The van der Waals surface area contributed by atoms with Crippen LogP contribution in [0, 0.1) is 0 Å². The average Bonchev–Trinajstić information content (AvgIpc) is 2.65. The molecular weight excluding hydrogens is 210 g/mol. The van der Waals surface area contributed by atoms with Crippen molar-refractivity contribution in [2.45, 2.75) is 12.8 Å². The maximum absolute atomic E-state index is 10.9. The van der Waals surface area contributed by atoms with Crippen LogP contribution in [0.5, 0.6) is 0 Å². The van der Waals surface area contributed by atoms with Crippen LogP contribution < -0.4 is 17.0 Å². The number of amides is 1. The molecule has 0 radical (unpaired) electrons. The van der Waals surface area contributed by atoms with Gasteiger partial charge in [-0.3, -0.25) is 15.2 Å². The van der Waals surface area contributed by atoms with Crippen molar-refractivity contribution in [3.63, 3.8) is 0 Å². The van der Waals surface area contributed by atoms with Crippen molar-refractivity contribution >= 4 is 17.0 Å². The molecule has 1 aromatic carbocycles. The summed E-state index contributed by atoms with van der Waals surface area (Å²) in [6.45, 7) is 0. The Labute approximate surface area is 90.4 Å². The molecule has 2 aromatic rings. The van der Waals surface area contributed by atoms with Gasteiger partial charge in [-0.1, -0.05) is 6.07 Å². The van der Waals surface area contributed by atoms with Crippen LogP contribution in [0.15, 0.2) is 27.4 Å². The van der Waals surface area contributed by atoms with Gasteiger partial charge in [0.05, 0.1) is 5.52 Å². The van der Waals surface area contributed by atoms with Crippen LogP contribution in [0.1, 0.15) is 12.0 Å². The monoisotopic (exact) mass is 221 g/mol. The van der Waals surface area contributed by atoms with Crippen LogP contribution in [-0.2, 0) is 11.2 Å². The minimum atomic E-state index is -0.480. The predicted octanol–water partition coefficient (Wildman–Crippen LogP) is 0.0436. The Hall–Kier alpha value is -2.08. The molecule has 0 bridgehead atoms. The fourth-order valence-electron chi connectivity index (χ4n) is 1.48. The van der Waals surface area contributed by atoms with Crippen LogP contribution in [0.3, 0.4) is 0 Å². The highest BCUT2D eigenvalue weighted by atomic mass is 16.4. The summed E-state index contributed by atoms with van der Waals surface area (Å²) in [7, 11) is 0. The number of nitrogens with one attached hydrogen (secondary N) is 2. The summed E-state index contributed by atoms with van der Waals surface area (Å²) in [6, 6.07) is 5.29. The Morgan fingerprint density at radius 2 is 2.31 bits per heavy atom. The van der Waals surface area contributed by atoms with Gasteiger partial charge in [0.1, 0.15) is 0 Å². The summed E-state index contributed by atoms with van der Waals surface area (Å²) >= 11 is 0. The van der Waals surface area contributed by atoms with Gasteiger partial charge in [0, 0.05) is 6.42 Å². The van der Waals surface area contributed by atoms with Crippen LogP contribution in [0.2, 0.25) is 0 Å². The van der Waals surface area contributed by atoms with Crippen LogP contribution in [0.4, 0.5) is 0 Å². The third-order valence-corrected chi connectivity index (χ3v) is 2.29. The molecule has 84 valence electrons. The summed E-state index contributed by atoms with van der Waals surface area (Å²) in [5.41, 5.74) is 4.15. The van der Waals surface area contributed by atoms with Crippen LogP contribution in [0.25, 0.3) is 11.1 Å². The zero-order valence-electron chi connectivity index (χ0n) is 8.45. The van der Waals surface area contributed by atoms with Gasteiger partial charge >= 0.3 is 5.76 Å². The van der Waals surface area contributed by atoms with Crippen molar-refractivity contribution in [1.82, 2.24) is 10.4 Å². The third kappa shape index (κ3) is 2.12. The molecule has 1 aromatic heterocycles. The van der Waals surface area contributed by atoms with Crippen molar-refractivity contribution in [3.8, 4) is 0 Å². The van der Waals surface area contributed by atoms with Gasteiger partial charge in [0.25, 0.3) is 0 Å². The molecule has 1 heterocycles. The maximum Gasteiger partial charge on any atom is 0.417 e. The fourth-order valence-corrected chi connectivity index (χ4v) is 1.48. The molecule has 0 saturated heterocycles. The molecule has 0 spiro atoms. The minimum Gasteiger partial charge on any atom is -0.408 e. The Kier molecular flexibility index (Phi) is 2.74. The average molecular weight is 221 g/mol. The maximum atomic E-state index is 10.9. The van der Waals surface area contributed by atoms with Crippen molar-refractivity contribution in [2.24, 2.45) is 5.84 Å². The minimum absolute atomic E-state index is 0.221. The molecule has 0 fully saturated rings. The van der Waals surface area contributed by atoms with E-state index in [1.807, 2.05) is 6.07 Å². The molecular formula is C10H11N3O3. The molecule has 6 heteroatoms. The third-order valence-electron chi connectivity index (χ3n) is 2.29. The molecule has 16 heavy (non-hydrogen) atoms. The lowest BCUT2D eigenvalue weighted by molar-refractivity contribution is -0.121. The first kappa shape index (κ1) is 10.4. The molecule has 1 amide bonds. The first-order valence-electron chi connectivity index (χ1n) is 4.80. The lowest BCUT2D eigenvalue weighted by atomic mass is 10.1. The number of fused-ring (bicyclic) bond motifs is 1. The van der Waals surface area contributed by atoms with E-state index in [2.05, 4.69) is 10.4 Å². The second-order valence-electron chi connectivity index (χ2n) is 3.41. The van der Waals surface area contributed by atoms with E-state index in [1.54, 1.807) is 12.1 Å². The van der Waals surface area contributed by atoms with E-state index in [0.29, 0.717) is 23.9 Å². The number of hydrogen-bond acceptors (Lipinski definition) is 4. The lowest BCUT2D eigenvalue weighted by Crippen LogP contribution is -2.30. The number of H-pyrrole nitrogens is 1. The van der Waals surface area contributed by atoms with Crippen molar-refractivity contribution in [2.75, 3.05) is 0 Å². The van der Waals surface area contributed by atoms with E-state index in [-0.39, 0.29) is 5.91 Å². The zero-order valence-corrected chi connectivity index (χ0v) is 8.45. The van der Waals surface area contributed by atoms with Gasteiger partial charge in [-0.2, -0.15) is 0 Å². The first-order chi connectivity index (χ1) is 7.69. The second-order valence-corrected chi connectivity index (χ2v) is 3.41. The standard InChI is InChI=1S/C10H11N3O3/c11-13-9(14)4-2-6-1-3-8-7(5-6)12-10(15)16-8/h1,3,5H,2,4,11H2,(H,12,15)(H,13,14). The number of carbonyl (C=O) groups excluding carboxylic acids is 1. The Bertz CT molecular complexity index is 570. The predicted molar refractivity (Wildman–Crippen MR) is 57.5 cm³/mol. The Morgan fingerprint density at radius 3 is 3.06 bits per heavy atom. The summed E-state index contributed by atoms with van der Waals surface area (Å²) in [6.07, 6.45) is 0.871. The van der Waals surface area contributed by atoms with Crippen LogP contribution >= 0.6 is 0 Å². The molecule has 0 aliphatic rings. The number of oxazole rings is 1. The number of aromatic nitrogens is 1. The molecule has 0 atom stereocenters. The van der Waals surface area contributed by atoms with Gasteiger partial charge in [-0.15, -0.1) is 0 Å². The summed E-state index contributed by atoms with van der Waals surface area (Å²) in [4.78, 5) is 24.4. The van der Waals surface area contributed by atoms with E-state index in [0.717, 1.165) is 5.56 Å². The summed E-state index contributed by atoms with van der Waals surface area (Å²) in [5, 5.41) is 0. The Morgan fingerprint density at radius 1 is 1.50 bits per heavy atom. The molecule has 6 nitrogen and oxygen atoms in total. The van der Waals surface area contributed by atoms with Gasteiger partial charge in [-0.25, -0.2) is 10.6 Å². The largest absolute Gasteiger partial charge is 0.417 e. The smallest absolute Gasteiger partial charge is 0.408 e. The number of carbonyl (C=O) groups is 1. The number of aryl methyl sites for hydroxylation is 1. The van der Waals surface area contributed by atoms with E-state index < -0.39 is 5.76 Å². The number of rotatable bonds is 3. The summed E-state index contributed by atoms with van der Waals surface area (Å²) < 4.78 is 4.86. The van der Waals surface area contributed by atoms with E-state index >= 15 is 0 Å². The zero-order chi connectivity index (χ0) is 11.5. The highest BCUT2D eigenvalue weighted by Crippen LogP contribution is 2.13. The van der Waals surface area contributed by atoms with Crippen molar-refractivity contribution in [1.29, 1.82) is 0 Å². The fraction of sp³-hybridized carbons (Fsp3) is 0.200. The van der Waals surface area contributed by atoms with E-state index in [4.69, 9.17) is 10.3 Å². The quantitative estimate of drug-likeness (QED) is 0.387. The highest BCUT2D eigenvalue weighted by molar-refractivity contribution is 5.76. The Balaban J connectivity index is 2.19. The number of aromatic amines is 1. The molecule has 0 aliphatic carbocycles. The van der Waals surface area contributed by atoms with Gasteiger partial charge in [-0.05, 0) is 24.1 Å². The summed E-state index contributed by atoms with van der Waals surface area (Å²) in [5.74, 6) is 4.27. The number of hydrogen-bond donors (Lipinski definition) is 3. The van der Waals surface area contributed by atoms with Crippen molar-refractivity contribution < 1.29 is 9.21 Å². The van der Waals surface area contributed by atoms with E-state index in [9.17, 15) is 9.59 Å². The second kappa shape index (κ2) is 4.19. The number of hydrazine groups is 1. The van der Waals surface area contributed by atoms with Crippen LogP contribution in [-0.4, -0.2) is 10.9 Å². The molecule has 4 N–H and O–H groups in total. The van der Waals surface area contributed by atoms with Gasteiger partial charge < -0.3 is 4.42 Å². The normalized spacial score (nSPS) is 10.6.